The highest BCUT2D eigenvalue weighted by atomic mass is 16.6. The minimum Gasteiger partial charge on any atom is -0.445 e. The summed E-state index contributed by atoms with van der Waals surface area (Å²) < 4.78 is 5.49. The Morgan fingerprint density at radius 3 is 2.39 bits per heavy atom. The molecular formula is C19H22N2O2. The second-order valence-corrected chi connectivity index (χ2v) is 5.78. The molecule has 1 amide bonds. The Morgan fingerprint density at radius 1 is 1.04 bits per heavy atom. The van der Waals surface area contributed by atoms with Gasteiger partial charge in [-0.3, -0.25) is 0 Å². The van der Waals surface area contributed by atoms with E-state index in [9.17, 15) is 4.79 Å². The molecule has 120 valence electrons. The van der Waals surface area contributed by atoms with Gasteiger partial charge in [-0.05, 0) is 17.5 Å². The fraction of sp³-hybridized carbons (Fsp3) is 0.316. The minimum absolute atomic E-state index is 0.134. The fourth-order valence-corrected chi connectivity index (χ4v) is 2.87. The van der Waals surface area contributed by atoms with Gasteiger partial charge in [0.05, 0.1) is 6.04 Å². The first kappa shape index (κ1) is 15.6. The molecule has 0 radical (unpaired) electrons. The monoisotopic (exact) mass is 310 g/mol. The smallest absolute Gasteiger partial charge is 0.410 e. The van der Waals surface area contributed by atoms with Crippen LogP contribution in [0.15, 0.2) is 60.7 Å². The highest BCUT2D eigenvalue weighted by molar-refractivity contribution is 5.68. The molecule has 1 aliphatic rings. The number of carbonyl (C=O) groups excluding carboxylic acids is 1. The van der Waals surface area contributed by atoms with Crippen LogP contribution < -0.4 is 5.32 Å². The third-order valence-electron chi connectivity index (χ3n) is 4.10. The van der Waals surface area contributed by atoms with Crippen LogP contribution >= 0.6 is 0 Å². The van der Waals surface area contributed by atoms with E-state index in [1.807, 2.05) is 53.4 Å². The first-order chi connectivity index (χ1) is 11.3. The molecule has 0 bridgehead atoms. The second-order valence-electron chi connectivity index (χ2n) is 5.78. The average molecular weight is 310 g/mol. The van der Waals surface area contributed by atoms with Crippen LogP contribution in [0.4, 0.5) is 4.79 Å². The largest absolute Gasteiger partial charge is 0.445 e. The number of hydrogen-bond acceptors (Lipinski definition) is 3. The van der Waals surface area contributed by atoms with Gasteiger partial charge in [0.15, 0.2) is 0 Å². The summed E-state index contributed by atoms with van der Waals surface area (Å²) in [4.78, 5) is 14.3. The summed E-state index contributed by atoms with van der Waals surface area (Å²) in [6.45, 7) is 2.62. The maximum atomic E-state index is 12.4. The lowest BCUT2D eigenvalue weighted by Crippen LogP contribution is -2.54. The van der Waals surface area contributed by atoms with E-state index in [-0.39, 0.29) is 12.1 Å². The van der Waals surface area contributed by atoms with E-state index in [1.54, 1.807) is 0 Å². The zero-order valence-electron chi connectivity index (χ0n) is 13.2. The molecule has 0 aromatic heterocycles. The molecule has 1 saturated heterocycles. The van der Waals surface area contributed by atoms with Crippen LogP contribution in [0.2, 0.25) is 0 Å². The molecule has 4 nitrogen and oxygen atoms in total. The summed E-state index contributed by atoms with van der Waals surface area (Å²) in [5.41, 5.74) is 2.25. The van der Waals surface area contributed by atoms with Gasteiger partial charge in [-0.2, -0.15) is 0 Å². The highest BCUT2D eigenvalue weighted by Gasteiger charge is 2.27. The van der Waals surface area contributed by atoms with E-state index in [1.165, 1.54) is 5.56 Å². The molecule has 1 atom stereocenters. The van der Waals surface area contributed by atoms with Gasteiger partial charge in [0.2, 0.25) is 0 Å². The number of ether oxygens (including phenoxy) is 1. The number of amides is 1. The Bertz CT molecular complexity index is 616. The molecule has 1 aliphatic heterocycles. The third kappa shape index (κ3) is 4.33. The predicted octanol–water partition coefficient (Wildman–Crippen LogP) is 2.84. The fourth-order valence-electron chi connectivity index (χ4n) is 2.87. The third-order valence-corrected chi connectivity index (χ3v) is 4.10. The lowest BCUT2D eigenvalue weighted by atomic mass is 10.0. The van der Waals surface area contributed by atoms with E-state index in [2.05, 4.69) is 17.4 Å². The Hall–Kier alpha value is -2.33. The van der Waals surface area contributed by atoms with Crippen molar-refractivity contribution in [3.05, 3.63) is 71.8 Å². The predicted molar refractivity (Wildman–Crippen MR) is 90.1 cm³/mol. The van der Waals surface area contributed by atoms with Crippen LogP contribution in [-0.4, -0.2) is 36.7 Å². The molecule has 2 aromatic rings. The van der Waals surface area contributed by atoms with Crippen LogP contribution in [0, 0.1) is 0 Å². The summed E-state index contributed by atoms with van der Waals surface area (Å²) >= 11 is 0. The number of benzene rings is 2. The summed E-state index contributed by atoms with van der Waals surface area (Å²) in [7, 11) is 0. The summed E-state index contributed by atoms with van der Waals surface area (Å²) in [5.74, 6) is 0. The Kier molecular flexibility index (Phi) is 5.27. The Labute approximate surface area is 137 Å². The van der Waals surface area contributed by atoms with E-state index in [0.717, 1.165) is 25.1 Å². The van der Waals surface area contributed by atoms with Crippen molar-refractivity contribution < 1.29 is 9.53 Å². The van der Waals surface area contributed by atoms with Crippen LogP contribution in [-0.2, 0) is 17.8 Å². The number of nitrogens with zero attached hydrogens (tertiary/aromatic N) is 1. The molecule has 0 spiro atoms. The second kappa shape index (κ2) is 7.79. The van der Waals surface area contributed by atoms with Gasteiger partial charge in [0.25, 0.3) is 0 Å². The van der Waals surface area contributed by atoms with Crippen molar-refractivity contribution in [2.24, 2.45) is 0 Å². The highest BCUT2D eigenvalue weighted by Crippen LogP contribution is 2.13. The molecule has 4 heteroatoms. The topological polar surface area (TPSA) is 41.6 Å². The molecule has 0 aliphatic carbocycles. The quantitative estimate of drug-likeness (QED) is 0.944. The number of rotatable bonds is 4. The lowest BCUT2D eigenvalue weighted by Gasteiger charge is -2.35. The Balaban J connectivity index is 1.60. The van der Waals surface area contributed by atoms with Gasteiger partial charge in [-0.1, -0.05) is 60.7 Å². The Morgan fingerprint density at radius 2 is 1.70 bits per heavy atom. The van der Waals surface area contributed by atoms with Gasteiger partial charge >= 0.3 is 6.09 Å². The standard InChI is InChI=1S/C19H22N2O2/c22-19(23-15-17-9-5-2-6-10-17)21-12-11-20-14-18(21)13-16-7-3-1-4-8-16/h1-10,18,20H,11-15H2/t18-/m0/s1. The molecule has 23 heavy (non-hydrogen) atoms. The van der Waals surface area contributed by atoms with Crippen LogP contribution in [0.3, 0.4) is 0 Å². The van der Waals surface area contributed by atoms with Gasteiger partial charge in [-0.15, -0.1) is 0 Å². The SMILES string of the molecule is O=C(OCc1ccccc1)N1CCNC[C@@H]1Cc1ccccc1. The van der Waals surface area contributed by atoms with Crippen LogP contribution in [0.25, 0.3) is 0 Å². The van der Waals surface area contributed by atoms with Gasteiger partial charge in [-0.25, -0.2) is 4.79 Å². The average Bonchev–Trinajstić information content (AvgIpc) is 2.62. The summed E-state index contributed by atoms with van der Waals surface area (Å²) in [6, 6.07) is 20.2. The first-order valence-electron chi connectivity index (χ1n) is 8.05. The van der Waals surface area contributed by atoms with E-state index in [4.69, 9.17) is 4.74 Å². The van der Waals surface area contributed by atoms with Crippen LogP contribution in [0.5, 0.6) is 0 Å². The first-order valence-corrected chi connectivity index (χ1v) is 8.05. The molecule has 0 unspecified atom stereocenters. The summed E-state index contributed by atoms with van der Waals surface area (Å²) in [6.07, 6.45) is 0.616. The molecule has 0 saturated carbocycles. The number of hydrogen-bond donors (Lipinski definition) is 1. The van der Waals surface area contributed by atoms with Crippen molar-refractivity contribution >= 4 is 6.09 Å². The van der Waals surface area contributed by atoms with Crippen molar-refractivity contribution in [3.8, 4) is 0 Å². The zero-order chi connectivity index (χ0) is 15.9. The molecule has 3 rings (SSSR count). The maximum absolute atomic E-state index is 12.4. The molecule has 1 fully saturated rings. The van der Waals surface area contributed by atoms with Crippen molar-refractivity contribution in [3.63, 3.8) is 0 Å². The molecule has 1 N–H and O–H groups in total. The number of piperazine rings is 1. The maximum Gasteiger partial charge on any atom is 0.410 e. The van der Waals surface area contributed by atoms with E-state index in [0.29, 0.717) is 13.2 Å². The summed E-state index contributed by atoms with van der Waals surface area (Å²) in [5, 5.41) is 3.36. The molecule has 2 aromatic carbocycles. The van der Waals surface area contributed by atoms with Crippen LogP contribution in [0.1, 0.15) is 11.1 Å². The van der Waals surface area contributed by atoms with Crippen molar-refractivity contribution in [2.45, 2.75) is 19.1 Å². The van der Waals surface area contributed by atoms with Crippen molar-refractivity contribution in [1.82, 2.24) is 10.2 Å². The minimum atomic E-state index is -0.226. The van der Waals surface area contributed by atoms with Gasteiger partial charge in [0.1, 0.15) is 6.61 Å². The lowest BCUT2D eigenvalue weighted by molar-refractivity contribution is 0.0722. The van der Waals surface area contributed by atoms with E-state index < -0.39 is 0 Å². The van der Waals surface area contributed by atoms with Gasteiger partial charge in [0, 0.05) is 19.6 Å². The van der Waals surface area contributed by atoms with Crippen molar-refractivity contribution in [1.29, 1.82) is 0 Å². The number of nitrogens with one attached hydrogen (secondary N) is 1. The van der Waals surface area contributed by atoms with Gasteiger partial charge < -0.3 is 15.0 Å². The number of carbonyl (C=O) groups is 1. The van der Waals surface area contributed by atoms with Crippen molar-refractivity contribution in [2.75, 3.05) is 19.6 Å². The van der Waals surface area contributed by atoms with E-state index >= 15 is 0 Å². The normalized spacial score (nSPS) is 17.7. The molecule has 1 heterocycles. The zero-order valence-corrected chi connectivity index (χ0v) is 13.2. The molecular weight excluding hydrogens is 288 g/mol.